The Kier molecular flexibility index (Phi) is 3.49. The number of hydrogen-bond acceptors (Lipinski definition) is 3. The third kappa shape index (κ3) is 2.36. The number of nitrogens with zero attached hydrogens (tertiary/aromatic N) is 3. The van der Waals surface area contributed by atoms with Gasteiger partial charge in [0.25, 0.3) is 0 Å². The van der Waals surface area contributed by atoms with Crippen LogP contribution in [0, 0.1) is 29.1 Å². The van der Waals surface area contributed by atoms with E-state index in [0.29, 0.717) is 23.7 Å². The summed E-state index contributed by atoms with van der Waals surface area (Å²) in [5, 5.41) is 8.93. The molecule has 19 heavy (non-hydrogen) atoms. The maximum atomic E-state index is 12.5. The molecule has 1 amide bonds. The third-order valence-electron chi connectivity index (χ3n) is 5.30. The van der Waals surface area contributed by atoms with Crippen LogP contribution in [0.5, 0.6) is 0 Å². The lowest BCUT2D eigenvalue weighted by Gasteiger charge is -2.36. The Balaban J connectivity index is 1.52. The van der Waals surface area contributed by atoms with Crippen molar-refractivity contribution in [3.8, 4) is 6.07 Å². The van der Waals surface area contributed by atoms with Crippen molar-refractivity contribution in [2.24, 2.45) is 17.8 Å². The van der Waals surface area contributed by atoms with Crippen molar-refractivity contribution >= 4 is 5.91 Å². The Morgan fingerprint density at radius 3 is 2.26 bits per heavy atom. The van der Waals surface area contributed by atoms with Crippen molar-refractivity contribution in [1.82, 2.24) is 9.80 Å². The molecule has 0 bridgehead atoms. The van der Waals surface area contributed by atoms with E-state index >= 15 is 0 Å². The van der Waals surface area contributed by atoms with E-state index in [4.69, 9.17) is 5.26 Å². The second-order valence-corrected chi connectivity index (χ2v) is 6.30. The van der Waals surface area contributed by atoms with Crippen LogP contribution in [0.1, 0.15) is 32.6 Å². The molecule has 3 atom stereocenters. The molecule has 2 saturated carbocycles. The van der Waals surface area contributed by atoms with Crippen LogP contribution in [0.15, 0.2) is 0 Å². The Morgan fingerprint density at radius 2 is 1.74 bits per heavy atom. The Bertz CT molecular complexity index is 383. The number of piperazine rings is 1. The van der Waals surface area contributed by atoms with Crippen LogP contribution in [0.2, 0.25) is 0 Å². The Morgan fingerprint density at radius 1 is 1.16 bits per heavy atom. The number of carbonyl (C=O) groups excluding carboxylic acids is 1. The predicted molar refractivity (Wildman–Crippen MR) is 72.2 cm³/mol. The quantitative estimate of drug-likeness (QED) is 0.756. The third-order valence-corrected chi connectivity index (χ3v) is 5.30. The Labute approximate surface area is 115 Å². The summed E-state index contributed by atoms with van der Waals surface area (Å²) in [6.07, 6.45) is 5.18. The highest BCUT2D eigenvalue weighted by atomic mass is 16.2. The lowest BCUT2D eigenvalue weighted by molar-refractivity contribution is -0.135. The van der Waals surface area contributed by atoms with Gasteiger partial charge in [-0.15, -0.1) is 0 Å². The maximum Gasteiger partial charge on any atom is 0.226 e. The van der Waals surface area contributed by atoms with Crippen molar-refractivity contribution in [2.45, 2.75) is 38.6 Å². The largest absolute Gasteiger partial charge is 0.340 e. The average Bonchev–Trinajstić information content (AvgIpc) is 3.20. The first-order valence-corrected chi connectivity index (χ1v) is 7.65. The number of nitriles is 1. The monoisotopic (exact) mass is 261 g/mol. The van der Waals surface area contributed by atoms with E-state index in [1.165, 1.54) is 25.7 Å². The van der Waals surface area contributed by atoms with Crippen LogP contribution in [0.25, 0.3) is 0 Å². The van der Waals surface area contributed by atoms with Crippen LogP contribution >= 0.6 is 0 Å². The van der Waals surface area contributed by atoms with Crippen LogP contribution < -0.4 is 0 Å². The molecule has 1 saturated heterocycles. The van der Waals surface area contributed by atoms with E-state index in [9.17, 15) is 4.79 Å². The topological polar surface area (TPSA) is 47.3 Å². The van der Waals surface area contributed by atoms with Gasteiger partial charge in [0.2, 0.25) is 5.91 Å². The number of rotatable bonds is 2. The average molecular weight is 261 g/mol. The van der Waals surface area contributed by atoms with Gasteiger partial charge >= 0.3 is 0 Å². The van der Waals surface area contributed by atoms with Gasteiger partial charge in [-0.1, -0.05) is 12.8 Å². The van der Waals surface area contributed by atoms with E-state index in [1.54, 1.807) is 0 Å². The molecule has 1 heterocycles. The molecule has 0 N–H and O–H groups in total. The standard InChI is InChI=1S/C15H23N3O/c1-11(10-16)17-6-8-18(9-7-17)15(19)14-12-4-2-3-5-13(12)14/h11-14H,2-9H2,1H3. The van der Waals surface area contributed by atoms with Gasteiger partial charge in [-0.05, 0) is 31.6 Å². The molecule has 4 heteroatoms. The highest BCUT2D eigenvalue weighted by Crippen LogP contribution is 2.56. The van der Waals surface area contributed by atoms with Crippen LogP contribution in [-0.2, 0) is 4.79 Å². The fourth-order valence-electron chi connectivity index (χ4n) is 3.98. The van der Waals surface area contributed by atoms with Gasteiger partial charge in [-0.2, -0.15) is 5.26 Å². The van der Waals surface area contributed by atoms with Gasteiger partial charge in [0.05, 0.1) is 12.1 Å². The normalized spacial score (nSPS) is 36.2. The van der Waals surface area contributed by atoms with E-state index in [-0.39, 0.29) is 6.04 Å². The minimum Gasteiger partial charge on any atom is -0.340 e. The van der Waals surface area contributed by atoms with Crippen molar-refractivity contribution < 1.29 is 4.79 Å². The van der Waals surface area contributed by atoms with Crippen LogP contribution in [0.3, 0.4) is 0 Å². The zero-order chi connectivity index (χ0) is 13.4. The molecule has 104 valence electrons. The molecule has 0 aromatic heterocycles. The van der Waals surface area contributed by atoms with E-state index < -0.39 is 0 Å². The fourth-order valence-corrected chi connectivity index (χ4v) is 3.98. The summed E-state index contributed by atoms with van der Waals surface area (Å²) in [4.78, 5) is 16.7. The first-order chi connectivity index (χ1) is 9.22. The SMILES string of the molecule is CC(C#N)N1CCN(C(=O)C2C3CCCCC32)CC1. The fraction of sp³-hybridized carbons (Fsp3) is 0.867. The molecule has 3 unspecified atom stereocenters. The lowest BCUT2D eigenvalue weighted by Crippen LogP contribution is -2.51. The van der Waals surface area contributed by atoms with Crippen molar-refractivity contribution in [1.29, 1.82) is 5.26 Å². The minimum atomic E-state index is -0.0271. The molecule has 0 spiro atoms. The summed E-state index contributed by atoms with van der Waals surface area (Å²) in [6, 6.07) is 2.25. The van der Waals surface area contributed by atoms with E-state index in [0.717, 1.165) is 26.2 Å². The molecule has 3 aliphatic rings. The Hall–Kier alpha value is -1.08. The van der Waals surface area contributed by atoms with Gasteiger partial charge in [-0.25, -0.2) is 0 Å². The van der Waals surface area contributed by atoms with Crippen molar-refractivity contribution in [3.63, 3.8) is 0 Å². The molecule has 3 fully saturated rings. The zero-order valence-electron chi connectivity index (χ0n) is 11.7. The second-order valence-electron chi connectivity index (χ2n) is 6.30. The van der Waals surface area contributed by atoms with Gasteiger partial charge in [0.1, 0.15) is 0 Å². The van der Waals surface area contributed by atoms with Gasteiger partial charge in [0, 0.05) is 32.1 Å². The molecular formula is C15H23N3O. The molecule has 0 aromatic rings. The van der Waals surface area contributed by atoms with E-state index in [2.05, 4.69) is 11.0 Å². The molecule has 1 aliphatic heterocycles. The zero-order valence-corrected chi connectivity index (χ0v) is 11.7. The maximum absolute atomic E-state index is 12.5. The van der Waals surface area contributed by atoms with Crippen LogP contribution in [0.4, 0.5) is 0 Å². The summed E-state index contributed by atoms with van der Waals surface area (Å²) in [5.74, 6) is 2.17. The summed E-state index contributed by atoms with van der Waals surface area (Å²) >= 11 is 0. The van der Waals surface area contributed by atoms with Crippen molar-refractivity contribution in [2.75, 3.05) is 26.2 Å². The number of fused-ring (bicyclic) bond motifs is 1. The predicted octanol–water partition coefficient (Wildman–Crippen LogP) is 1.48. The summed E-state index contributed by atoms with van der Waals surface area (Å²) < 4.78 is 0. The number of hydrogen-bond donors (Lipinski definition) is 0. The first-order valence-electron chi connectivity index (χ1n) is 7.65. The molecule has 2 aliphatic carbocycles. The minimum absolute atomic E-state index is 0.0271. The second kappa shape index (κ2) is 5.13. The molecule has 3 rings (SSSR count). The lowest BCUT2D eigenvalue weighted by atomic mass is 10.0. The first kappa shape index (κ1) is 12.9. The summed E-state index contributed by atoms with van der Waals surface area (Å²) in [7, 11) is 0. The number of amides is 1. The summed E-state index contributed by atoms with van der Waals surface area (Å²) in [5.41, 5.74) is 0. The molecule has 4 nitrogen and oxygen atoms in total. The van der Waals surface area contributed by atoms with E-state index in [1.807, 2.05) is 11.8 Å². The number of carbonyl (C=O) groups is 1. The van der Waals surface area contributed by atoms with Gasteiger partial charge < -0.3 is 4.90 Å². The molecule has 0 radical (unpaired) electrons. The summed E-state index contributed by atoms with van der Waals surface area (Å²) in [6.45, 7) is 5.25. The molecular weight excluding hydrogens is 238 g/mol. The highest BCUT2D eigenvalue weighted by molar-refractivity contribution is 5.82. The van der Waals surface area contributed by atoms with Crippen molar-refractivity contribution in [3.05, 3.63) is 0 Å². The van der Waals surface area contributed by atoms with Gasteiger partial charge in [0.15, 0.2) is 0 Å². The smallest absolute Gasteiger partial charge is 0.226 e. The highest BCUT2D eigenvalue weighted by Gasteiger charge is 2.55. The van der Waals surface area contributed by atoms with Gasteiger partial charge in [-0.3, -0.25) is 9.69 Å². The van der Waals surface area contributed by atoms with Crippen LogP contribution in [-0.4, -0.2) is 47.9 Å². The molecule has 0 aromatic carbocycles.